The molecule has 0 radical (unpaired) electrons. The summed E-state index contributed by atoms with van der Waals surface area (Å²) in [5.41, 5.74) is 5.62. The molecule has 0 aromatic rings. The summed E-state index contributed by atoms with van der Waals surface area (Å²) in [6.45, 7) is 7.13. The van der Waals surface area contributed by atoms with Gasteiger partial charge in [-0.3, -0.25) is 9.59 Å². The van der Waals surface area contributed by atoms with Crippen LogP contribution in [0.5, 0.6) is 0 Å². The number of nitrogens with zero attached hydrogens (tertiary/aromatic N) is 1. The topological polar surface area (TPSA) is 75.4 Å². The highest BCUT2D eigenvalue weighted by Crippen LogP contribution is 2.19. The monoisotopic (exact) mass is 227 g/mol. The van der Waals surface area contributed by atoms with Crippen LogP contribution in [0.1, 0.15) is 27.2 Å². The summed E-state index contributed by atoms with van der Waals surface area (Å²) >= 11 is 0. The zero-order valence-corrected chi connectivity index (χ0v) is 10.2. The lowest BCUT2D eigenvalue weighted by molar-refractivity contribution is -0.138. The SMILES string of the molecule is CC(C)(C)[C@H](N)C(=O)N1CCCNC(=O)C1. The number of hydrogen-bond donors (Lipinski definition) is 2. The van der Waals surface area contributed by atoms with Crippen molar-refractivity contribution in [3.63, 3.8) is 0 Å². The van der Waals surface area contributed by atoms with Gasteiger partial charge in [0.2, 0.25) is 11.8 Å². The van der Waals surface area contributed by atoms with Crippen LogP contribution in [0.2, 0.25) is 0 Å². The average molecular weight is 227 g/mol. The quantitative estimate of drug-likeness (QED) is 0.646. The molecule has 3 N–H and O–H groups in total. The lowest BCUT2D eigenvalue weighted by Crippen LogP contribution is -2.51. The fourth-order valence-corrected chi connectivity index (χ4v) is 1.56. The number of carbonyl (C=O) groups is 2. The van der Waals surface area contributed by atoms with Crippen molar-refractivity contribution in [2.45, 2.75) is 33.2 Å². The third-order valence-corrected chi connectivity index (χ3v) is 2.77. The molecule has 0 saturated carbocycles. The maximum Gasteiger partial charge on any atom is 0.240 e. The Balaban J connectivity index is 2.68. The van der Waals surface area contributed by atoms with Crippen LogP contribution in [-0.2, 0) is 9.59 Å². The van der Waals surface area contributed by atoms with Crippen LogP contribution in [0, 0.1) is 5.41 Å². The van der Waals surface area contributed by atoms with Crippen molar-refractivity contribution in [3.8, 4) is 0 Å². The van der Waals surface area contributed by atoms with E-state index in [0.29, 0.717) is 13.1 Å². The maximum atomic E-state index is 12.1. The fraction of sp³-hybridized carbons (Fsp3) is 0.818. The van der Waals surface area contributed by atoms with Gasteiger partial charge in [0.1, 0.15) is 0 Å². The molecule has 1 fully saturated rings. The van der Waals surface area contributed by atoms with Gasteiger partial charge in [-0.2, -0.15) is 0 Å². The van der Waals surface area contributed by atoms with Crippen LogP contribution < -0.4 is 11.1 Å². The smallest absolute Gasteiger partial charge is 0.240 e. The van der Waals surface area contributed by atoms with E-state index in [4.69, 9.17) is 5.73 Å². The molecule has 0 aliphatic carbocycles. The summed E-state index contributed by atoms with van der Waals surface area (Å²) in [4.78, 5) is 24.9. The van der Waals surface area contributed by atoms with E-state index in [2.05, 4.69) is 5.32 Å². The van der Waals surface area contributed by atoms with Crippen molar-refractivity contribution in [3.05, 3.63) is 0 Å². The molecule has 5 nitrogen and oxygen atoms in total. The van der Waals surface area contributed by atoms with E-state index in [1.54, 1.807) is 4.90 Å². The predicted molar refractivity (Wildman–Crippen MR) is 61.6 cm³/mol. The summed E-state index contributed by atoms with van der Waals surface area (Å²) in [6, 6.07) is -0.557. The maximum absolute atomic E-state index is 12.1. The van der Waals surface area contributed by atoms with Crippen LogP contribution in [0.3, 0.4) is 0 Å². The molecule has 16 heavy (non-hydrogen) atoms. The Morgan fingerprint density at radius 1 is 1.50 bits per heavy atom. The zero-order chi connectivity index (χ0) is 12.3. The molecule has 1 aliphatic rings. The molecule has 0 aromatic carbocycles. The van der Waals surface area contributed by atoms with Crippen LogP contribution in [0.15, 0.2) is 0 Å². The Kier molecular flexibility index (Phi) is 3.91. The third kappa shape index (κ3) is 3.20. The Morgan fingerprint density at radius 2 is 2.12 bits per heavy atom. The largest absolute Gasteiger partial charge is 0.354 e. The molecule has 0 unspecified atom stereocenters. The van der Waals surface area contributed by atoms with Gasteiger partial charge in [-0.15, -0.1) is 0 Å². The van der Waals surface area contributed by atoms with Crippen molar-refractivity contribution in [1.29, 1.82) is 0 Å². The molecular weight excluding hydrogens is 206 g/mol. The highest BCUT2D eigenvalue weighted by Gasteiger charge is 2.32. The van der Waals surface area contributed by atoms with E-state index in [1.165, 1.54) is 0 Å². The van der Waals surface area contributed by atoms with Gasteiger partial charge in [0.05, 0.1) is 12.6 Å². The minimum absolute atomic E-state index is 0.105. The average Bonchev–Trinajstić information content (AvgIpc) is 2.39. The number of rotatable bonds is 1. The van der Waals surface area contributed by atoms with Gasteiger partial charge in [0.15, 0.2) is 0 Å². The van der Waals surface area contributed by atoms with E-state index in [9.17, 15) is 9.59 Å². The van der Waals surface area contributed by atoms with Crippen molar-refractivity contribution >= 4 is 11.8 Å². The number of amides is 2. The second-order valence-corrected chi connectivity index (χ2v) is 5.31. The Bertz CT molecular complexity index is 283. The number of carbonyl (C=O) groups excluding carboxylic acids is 2. The minimum atomic E-state index is -0.557. The molecule has 92 valence electrons. The molecule has 0 aromatic heterocycles. The van der Waals surface area contributed by atoms with Crippen molar-refractivity contribution < 1.29 is 9.59 Å². The van der Waals surface area contributed by atoms with Crippen LogP contribution >= 0.6 is 0 Å². The fourth-order valence-electron chi connectivity index (χ4n) is 1.56. The molecule has 5 heteroatoms. The summed E-state index contributed by atoms with van der Waals surface area (Å²) in [5.74, 6) is -0.239. The predicted octanol–water partition coefficient (Wildman–Crippen LogP) is -0.292. The van der Waals surface area contributed by atoms with E-state index >= 15 is 0 Å². The van der Waals surface area contributed by atoms with E-state index < -0.39 is 6.04 Å². The van der Waals surface area contributed by atoms with Gasteiger partial charge >= 0.3 is 0 Å². The van der Waals surface area contributed by atoms with Crippen molar-refractivity contribution in [2.75, 3.05) is 19.6 Å². The Morgan fingerprint density at radius 3 is 2.69 bits per heavy atom. The summed E-state index contributed by atoms with van der Waals surface area (Å²) < 4.78 is 0. The molecular formula is C11H21N3O2. The van der Waals surface area contributed by atoms with Crippen molar-refractivity contribution in [1.82, 2.24) is 10.2 Å². The number of hydrogen-bond acceptors (Lipinski definition) is 3. The summed E-state index contributed by atoms with van der Waals surface area (Å²) in [6.07, 6.45) is 0.786. The van der Waals surface area contributed by atoms with Gasteiger partial charge in [0.25, 0.3) is 0 Å². The second kappa shape index (κ2) is 4.82. The molecule has 2 amide bonds. The Hall–Kier alpha value is -1.10. The molecule has 0 spiro atoms. The van der Waals surface area contributed by atoms with E-state index in [0.717, 1.165) is 6.42 Å². The number of nitrogens with one attached hydrogen (secondary N) is 1. The molecule has 1 rings (SSSR count). The standard InChI is InChI=1S/C11H21N3O2/c1-11(2,3)9(12)10(16)14-6-4-5-13-8(15)7-14/h9H,4-7,12H2,1-3H3,(H,13,15)/t9-/m1/s1. The molecule has 1 heterocycles. The van der Waals surface area contributed by atoms with Gasteiger partial charge in [-0.05, 0) is 11.8 Å². The highest BCUT2D eigenvalue weighted by molar-refractivity contribution is 5.88. The van der Waals surface area contributed by atoms with Gasteiger partial charge in [-0.1, -0.05) is 20.8 Å². The lowest BCUT2D eigenvalue weighted by Gasteiger charge is -2.30. The highest BCUT2D eigenvalue weighted by atomic mass is 16.2. The normalized spacial score (nSPS) is 20.0. The van der Waals surface area contributed by atoms with Crippen LogP contribution in [-0.4, -0.2) is 42.4 Å². The molecule has 1 saturated heterocycles. The number of nitrogens with two attached hydrogens (primary N) is 1. The molecule has 1 atom stereocenters. The van der Waals surface area contributed by atoms with Crippen LogP contribution in [0.4, 0.5) is 0 Å². The lowest BCUT2D eigenvalue weighted by atomic mass is 9.86. The zero-order valence-electron chi connectivity index (χ0n) is 10.2. The summed E-state index contributed by atoms with van der Waals surface area (Å²) in [7, 11) is 0. The minimum Gasteiger partial charge on any atom is -0.354 e. The molecule has 0 bridgehead atoms. The first-order valence-electron chi connectivity index (χ1n) is 5.63. The first-order chi connectivity index (χ1) is 7.32. The van der Waals surface area contributed by atoms with Crippen molar-refractivity contribution in [2.24, 2.45) is 11.1 Å². The first-order valence-corrected chi connectivity index (χ1v) is 5.63. The second-order valence-electron chi connectivity index (χ2n) is 5.31. The van der Waals surface area contributed by atoms with Gasteiger partial charge in [-0.25, -0.2) is 0 Å². The molecule has 1 aliphatic heterocycles. The van der Waals surface area contributed by atoms with E-state index in [1.807, 2.05) is 20.8 Å². The van der Waals surface area contributed by atoms with Crippen LogP contribution in [0.25, 0.3) is 0 Å². The Labute approximate surface area is 96.4 Å². The summed E-state index contributed by atoms with van der Waals surface area (Å²) in [5, 5.41) is 2.73. The third-order valence-electron chi connectivity index (χ3n) is 2.77. The van der Waals surface area contributed by atoms with E-state index in [-0.39, 0.29) is 23.8 Å². The van der Waals surface area contributed by atoms with Gasteiger partial charge in [0, 0.05) is 13.1 Å². The first kappa shape index (κ1) is 13.0. The van der Waals surface area contributed by atoms with Gasteiger partial charge < -0.3 is 16.0 Å².